The molecule has 0 radical (unpaired) electrons. The van der Waals surface area contributed by atoms with Gasteiger partial charge in [0.1, 0.15) is 11.5 Å². The Labute approximate surface area is 211 Å². The summed E-state index contributed by atoms with van der Waals surface area (Å²) in [5.74, 6) is 1.10. The number of thiol groups is 1. The second-order valence-corrected chi connectivity index (χ2v) is 9.75. The van der Waals surface area contributed by atoms with Crippen molar-refractivity contribution < 1.29 is 19.1 Å². The van der Waals surface area contributed by atoms with Crippen LogP contribution in [-0.4, -0.2) is 16.4 Å². The Morgan fingerprint density at radius 3 is 2.00 bits per heavy atom. The maximum atomic E-state index is 11.7. The number of benzene rings is 2. The second kappa shape index (κ2) is 14.6. The number of carbonyl (C=O) groups is 2. The van der Waals surface area contributed by atoms with Crippen molar-refractivity contribution >= 4 is 47.2 Å². The molecule has 0 saturated heterocycles. The topological polar surface area (TPSA) is 52.6 Å². The van der Waals surface area contributed by atoms with Crippen LogP contribution in [0.5, 0.6) is 11.5 Å². The van der Waals surface area contributed by atoms with Crippen molar-refractivity contribution in [2.75, 3.05) is 4.43 Å². The van der Waals surface area contributed by atoms with Crippen LogP contribution in [0.15, 0.2) is 48.5 Å². The van der Waals surface area contributed by atoms with Crippen LogP contribution in [0.25, 0.3) is 0 Å². The zero-order valence-electron chi connectivity index (χ0n) is 18.9. The first kappa shape index (κ1) is 26.7. The van der Waals surface area contributed by atoms with Crippen LogP contribution in [0.1, 0.15) is 68.7 Å². The van der Waals surface area contributed by atoms with Gasteiger partial charge in [0, 0.05) is 11.7 Å². The summed E-state index contributed by atoms with van der Waals surface area (Å²) in [6, 6.07) is 15.5. The molecular formula is C26H33IO4S. The van der Waals surface area contributed by atoms with Crippen molar-refractivity contribution in [1.82, 2.24) is 0 Å². The molecule has 1 unspecified atom stereocenters. The van der Waals surface area contributed by atoms with Crippen molar-refractivity contribution in [3.8, 4) is 11.5 Å². The van der Waals surface area contributed by atoms with E-state index in [4.69, 9.17) is 22.1 Å². The van der Waals surface area contributed by atoms with Gasteiger partial charge >= 0.3 is 11.9 Å². The van der Waals surface area contributed by atoms with Gasteiger partial charge in [0.2, 0.25) is 0 Å². The second-order valence-electron chi connectivity index (χ2n) is 8.36. The molecule has 0 spiro atoms. The minimum absolute atomic E-state index is 0.175. The van der Waals surface area contributed by atoms with Crippen molar-refractivity contribution in [3.63, 3.8) is 0 Å². The highest BCUT2D eigenvalue weighted by Gasteiger charge is 2.09. The molecule has 2 aromatic rings. The van der Waals surface area contributed by atoms with E-state index < -0.39 is 0 Å². The number of alkyl halides is 1. The Bertz CT molecular complexity index is 834. The third-order valence-electron chi connectivity index (χ3n) is 5.03. The molecule has 2 rings (SSSR count). The number of aryl methyl sites for hydroxylation is 1. The predicted molar refractivity (Wildman–Crippen MR) is 141 cm³/mol. The first-order valence-corrected chi connectivity index (χ1v) is 13.3. The quantitative estimate of drug-likeness (QED) is 0.0697. The van der Waals surface area contributed by atoms with E-state index in [1.54, 1.807) is 0 Å². The van der Waals surface area contributed by atoms with Gasteiger partial charge in [-0.2, -0.15) is 12.6 Å². The van der Waals surface area contributed by atoms with Gasteiger partial charge < -0.3 is 9.47 Å². The number of carbonyl (C=O) groups excluding carboxylic acids is 2. The molecule has 0 amide bonds. The van der Waals surface area contributed by atoms with Crippen LogP contribution in [0.2, 0.25) is 0 Å². The Kier molecular flexibility index (Phi) is 12.2. The maximum absolute atomic E-state index is 11.7. The summed E-state index contributed by atoms with van der Waals surface area (Å²) >= 11 is 6.72. The largest absolute Gasteiger partial charge is 0.427 e. The fourth-order valence-electron chi connectivity index (χ4n) is 3.33. The SMILES string of the molecule is CC(C)CC(=O)Oc1ccc(CCCCCCC(S)c2ccc(OC(=O)CI)cc2)cc1. The van der Waals surface area contributed by atoms with E-state index in [0.717, 1.165) is 31.2 Å². The van der Waals surface area contributed by atoms with E-state index in [2.05, 4.69) is 0 Å². The fraction of sp³-hybridized carbons (Fsp3) is 0.462. The van der Waals surface area contributed by atoms with Gasteiger partial charge in [-0.1, -0.05) is 80.0 Å². The molecule has 0 heterocycles. The van der Waals surface area contributed by atoms with Crippen molar-refractivity contribution in [3.05, 3.63) is 59.7 Å². The molecule has 0 bridgehead atoms. The molecule has 2 aromatic carbocycles. The molecule has 0 aromatic heterocycles. The number of hydrogen-bond acceptors (Lipinski definition) is 5. The van der Waals surface area contributed by atoms with Gasteiger partial charge in [-0.05, 0) is 60.6 Å². The predicted octanol–water partition coefficient (Wildman–Crippen LogP) is 7.14. The molecule has 0 aliphatic heterocycles. The smallest absolute Gasteiger partial charge is 0.321 e. The number of ether oxygens (including phenoxy) is 2. The minimum atomic E-state index is -0.234. The summed E-state index contributed by atoms with van der Waals surface area (Å²) in [4.78, 5) is 23.1. The van der Waals surface area contributed by atoms with Gasteiger partial charge in [0.05, 0.1) is 4.43 Å². The molecule has 0 aliphatic rings. The highest BCUT2D eigenvalue weighted by atomic mass is 127. The third kappa shape index (κ3) is 10.4. The van der Waals surface area contributed by atoms with Crippen LogP contribution in [-0.2, 0) is 16.0 Å². The molecule has 0 aliphatic carbocycles. The Balaban J connectivity index is 1.61. The Morgan fingerprint density at radius 1 is 0.844 bits per heavy atom. The average Bonchev–Trinajstić information content (AvgIpc) is 2.77. The summed E-state index contributed by atoms with van der Waals surface area (Å²) in [7, 11) is 0. The minimum Gasteiger partial charge on any atom is -0.427 e. The zero-order valence-corrected chi connectivity index (χ0v) is 21.9. The highest BCUT2D eigenvalue weighted by Crippen LogP contribution is 2.28. The number of esters is 2. The van der Waals surface area contributed by atoms with E-state index in [1.165, 1.54) is 18.4 Å². The normalized spacial score (nSPS) is 11.9. The molecule has 4 nitrogen and oxygen atoms in total. The van der Waals surface area contributed by atoms with E-state index in [-0.39, 0.29) is 17.2 Å². The molecule has 0 saturated carbocycles. The Hall–Kier alpha value is -1.54. The van der Waals surface area contributed by atoms with E-state index >= 15 is 0 Å². The van der Waals surface area contributed by atoms with Crippen molar-refractivity contribution in [2.45, 2.75) is 64.0 Å². The zero-order chi connectivity index (χ0) is 23.3. The number of rotatable bonds is 13. The molecular weight excluding hydrogens is 535 g/mol. The average molecular weight is 569 g/mol. The summed E-state index contributed by atoms with van der Waals surface area (Å²) in [6.07, 6.45) is 7.11. The van der Waals surface area contributed by atoms with Crippen LogP contribution in [0.4, 0.5) is 0 Å². The summed E-state index contributed by atoms with van der Waals surface area (Å²) in [5.41, 5.74) is 2.42. The monoisotopic (exact) mass is 568 g/mol. The molecule has 0 fully saturated rings. The number of hydrogen-bond donors (Lipinski definition) is 1. The number of halogens is 1. The summed E-state index contributed by atoms with van der Waals surface area (Å²) in [5, 5.41) is 0.190. The lowest BCUT2D eigenvalue weighted by Crippen LogP contribution is -2.10. The third-order valence-corrected chi connectivity index (χ3v) is 6.21. The summed E-state index contributed by atoms with van der Waals surface area (Å²) in [6.45, 7) is 4.01. The number of unbranched alkanes of at least 4 members (excludes halogenated alkanes) is 3. The van der Waals surface area contributed by atoms with Gasteiger partial charge in [0.25, 0.3) is 0 Å². The standard InChI is InChI=1S/C26H33IO4S/c1-19(2)17-25(28)30-22-13-9-20(10-14-22)7-5-3-4-6-8-24(32)21-11-15-23(16-12-21)31-26(29)18-27/h9-16,19,24,32H,3-8,17-18H2,1-2H3. The maximum Gasteiger partial charge on any atom is 0.321 e. The van der Waals surface area contributed by atoms with Crippen LogP contribution < -0.4 is 9.47 Å². The summed E-state index contributed by atoms with van der Waals surface area (Å²) < 4.78 is 10.9. The van der Waals surface area contributed by atoms with Gasteiger partial charge in [-0.15, -0.1) is 0 Å². The fourth-order valence-corrected chi connectivity index (χ4v) is 3.84. The van der Waals surface area contributed by atoms with Crippen molar-refractivity contribution in [1.29, 1.82) is 0 Å². The van der Waals surface area contributed by atoms with E-state index in [1.807, 2.05) is 85.0 Å². The van der Waals surface area contributed by atoms with Gasteiger partial charge in [-0.3, -0.25) is 9.59 Å². The van der Waals surface area contributed by atoms with Crippen molar-refractivity contribution in [2.24, 2.45) is 5.92 Å². The lowest BCUT2D eigenvalue weighted by molar-refractivity contribution is -0.135. The lowest BCUT2D eigenvalue weighted by atomic mass is 10.0. The highest BCUT2D eigenvalue weighted by molar-refractivity contribution is 14.1. The lowest BCUT2D eigenvalue weighted by Gasteiger charge is -2.12. The van der Waals surface area contributed by atoms with Crippen LogP contribution in [0, 0.1) is 5.92 Å². The van der Waals surface area contributed by atoms with E-state index in [9.17, 15) is 9.59 Å². The molecule has 0 N–H and O–H groups in total. The van der Waals surface area contributed by atoms with Gasteiger partial charge in [-0.25, -0.2) is 0 Å². The Morgan fingerprint density at radius 2 is 1.41 bits per heavy atom. The van der Waals surface area contributed by atoms with Gasteiger partial charge in [0.15, 0.2) is 0 Å². The molecule has 6 heteroatoms. The molecule has 32 heavy (non-hydrogen) atoms. The van der Waals surface area contributed by atoms with Crippen LogP contribution in [0.3, 0.4) is 0 Å². The first-order valence-electron chi connectivity index (χ1n) is 11.2. The molecule has 174 valence electrons. The van der Waals surface area contributed by atoms with Crippen LogP contribution >= 0.6 is 35.2 Å². The molecule has 1 atom stereocenters. The first-order chi connectivity index (χ1) is 15.4. The van der Waals surface area contributed by atoms with E-state index in [0.29, 0.717) is 28.3 Å².